The number of rotatable bonds is 8. The molecule has 2 aromatic carbocycles. The number of benzene rings is 2. The van der Waals surface area contributed by atoms with Gasteiger partial charge in [0.25, 0.3) is 0 Å². The molecule has 0 bridgehead atoms. The van der Waals surface area contributed by atoms with Crippen molar-refractivity contribution in [2.24, 2.45) is 0 Å². The Balaban J connectivity index is 1.58. The van der Waals surface area contributed by atoms with E-state index in [9.17, 15) is 8.42 Å². The number of nitrogens with zero attached hydrogens (tertiary/aromatic N) is 3. The molecule has 174 valence electrons. The number of nitrogens with one attached hydrogen (secondary N) is 1. The highest BCUT2D eigenvalue weighted by Gasteiger charge is 2.18. The molecule has 0 atom stereocenters. The lowest BCUT2D eigenvalue weighted by Gasteiger charge is -2.12. The van der Waals surface area contributed by atoms with Crippen LogP contribution in [-0.2, 0) is 16.4 Å². The summed E-state index contributed by atoms with van der Waals surface area (Å²) in [4.78, 5) is 8.33. The standard InChI is InChI=1S/C26H26N4O3S/c1-3-34(31,32)20-8-4-7-19(16-20)21-9-10-23(33-14-6-13-30-12-5-11-28-30)25-24(21)22-15-18(2)17-27-26(22)29-25/h4-5,7-12,15-17H,3,6,13-14H2,1-2H3,(H,27,29). The third kappa shape index (κ3) is 4.17. The molecule has 0 radical (unpaired) electrons. The van der Waals surface area contributed by atoms with Crippen LogP contribution >= 0.6 is 0 Å². The van der Waals surface area contributed by atoms with Gasteiger partial charge in [-0.15, -0.1) is 0 Å². The van der Waals surface area contributed by atoms with E-state index in [1.165, 1.54) is 0 Å². The van der Waals surface area contributed by atoms with Crippen LogP contribution in [0.15, 0.2) is 72.0 Å². The molecule has 0 aliphatic heterocycles. The van der Waals surface area contributed by atoms with Gasteiger partial charge < -0.3 is 9.72 Å². The van der Waals surface area contributed by atoms with Crippen LogP contribution in [0.25, 0.3) is 33.1 Å². The van der Waals surface area contributed by atoms with Crippen LogP contribution in [-0.4, -0.2) is 40.5 Å². The number of pyridine rings is 1. The third-order valence-electron chi connectivity index (χ3n) is 5.94. The van der Waals surface area contributed by atoms with E-state index in [2.05, 4.69) is 21.1 Å². The molecule has 0 saturated carbocycles. The topological polar surface area (TPSA) is 89.9 Å². The van der Waals surface area contributed by atoms with E-state index in [0.29, 0.717) is 11.5 Å². The van der Waals surface area contributed by atoms with Gasteiger partial charge in [-0.05, 0) is 60.0 Å². The van der Waals surface area contributed by atoms with Crippen LogP contribution in [0.3, 0.4) is 0 Å². The number of hydrogen-bond acceptors (Lipinski definition) is 5. The first kappa shape index (κ1) is 22.2. The number of aromatic nitrogens is 4. The van der Waals surface area contributed by atoms with Crippen molar-refractivity contribution < 1.29 is 13.2 Å². The van der Waals surface area contributed by atoms with E-state index in [1.807, 2.05) is 48.3 Å². The molecule has 0 aliphatic carbocycles. The Morgan fingerprint density at radius 1 is 1.12 bits per heavy atom. The fourth-order valence-electron chi connectivity index (χ4n) is 4.19. The smallest absolute Gasteiger partial charge is 0.178 e. The SMILES string of the molecule is CCS(=O)(=O)c1cccc(-c2ccc(OCCCn3cccn3)c3[nH]c4ncc(C)cc4c23)c1. The molecule has 0 aliphatic rings. The summed E-state index contributed by atoms with van der Waals surface area (Å²) in [6.45, 7) is 4.99. The number of ether oxygens (including phenoxy) is 1. The van der Waals surface area contributed by atoms with E-state index < -0.39 is 9.84 Å². The predicted octanol–water partition coefficient (Wildman–Crippen LogP) is 5.15. The molecule has 0 unspecified atom stereocenters. The third-order valence-corrected chi connectivity index (χ3v) is 7.67. The zero-order valence-electron chi connectivity index (χ0n) is 19.2. The average Bonchev–Trinajstić information content (AvgIpc) is 3.50. The summed E-state index contributed by atoms with van der Waals surface area (Å²) >= 11 is 0. The van der Waals surface area contributed by atoms with Crippen molar-refractivity contribution in [3.63, 3.8) is 0 Å². The molecular formula is C26H26N4O3S. The summed E-state index contributed by atoms with van der Waals surface area (Å²) in [6.07, 6.45) is 6.35. The Labute approximate surface area is 198 Å². The minimum absolute atomic E-state index is 0.0629. The second-order valence-corrected chi connectivity index (χ2v) is 10.6. The number of H-pyrrole nitrogens is 1. The van der Waals surface area contributed by atoms with Gasteiger partial charge in [-0.25, -0.2) is 13.4 Å². The van der Waals surface area contributed by atoms with Crippen molar-refractivity contribution in [1.29, 1.82) is 0 Å². The van der Waals surface area contributed by atoms with Gasteiger partial charge in [0.1, 0.15) is 11.4 Å². The molecule has 0 fully saturated rings. The summed E-state index contributed by atoms with van der Waals surface area (Å²) in [7, 11) is -3.31. The monoisotopic (exact) mass is 474 g/mol. The van der Waals surface area contributed by atoms with E-state index in [1.54, 1.807) is 31.3 Å². The maximum atomic E-state index is 12.5. The number of aryl methyl sites for hydroxylation is 2. The summed E-state index contributed by atoms with van der Waals surface area (Å²) < 4.78 is 33.0. The number of fused-ring (bicyclic) bond motifs is 3. The Morgan fingerprint density at radius 2 is 2.00 bits per heavy atom. The van der Waals surface area contributed by atoms with Crippen LogP contribution in [0.5, 0.6) is 5.75 Å². The van der Waals surface area contributed by atoms with E-state index >= 15 is 0 Å². The van der Waals surface area contributed by atoms with Crippen LogP contribution < -0.4 is 4.74 Å². The van der Waals surface area contributed by atoms with Crippen LogP contribution in [0, 0.1) is 6.92 Å². The van der Waals surface area contributed by atoms with Crippen LogP contribution in [0.2, 0.25) is 0 Å². The van der Waals surface area contributed by atoms with Gasteiger partial charge >= 0.3 is 0 Å². The molecular weight excluding hydrogens is 448 g/mol. The normalized spacial score (nSPS) is 11.9. The van der Waals surface area contributed by atoms with Gasteiger partial charge in [0.05, 0.1) is 22.8 Å². The Bertz CT molecular complexity index is 1570. The van der Waals surface area contributed by atoms with Crippen molar-refractivity contribution in [3.8, 4) is 16.9 Å². The second-order valence-electron chi connectivity index (χ2n) is 8.30. The van der Waals surface area contributed by atoms with Gasteiger partial charge in [0.15, 0.2) is 9.84 Å². The lowest BCUT2D eigenvalue weighted by molar-refractivity contribution is 0.301. The van der Waals surface area contributed by atoms with Crippen LogP contribution in [0.1, 0.15) is 18.9 Å². The molecule has 34 heavy (non-hydrogen) atoms. The Hall–Kier alpha value is -3.65. The molecule has 0 amide bonds. The molecule has 8 heteroatoms. The quantitative estimate of drug-likeness (QED) is 0.314. The highest BCUT2D eigenvalue weighted by atomic mass is 32.2. The Morgan fingerprint density at radius 3 is 2.79 bits per heavy atom. The molecule has 0 spiro atoms. The molecule has 3 aromatic heterocycles. The van der Waals surface area contributed by atoms with Crippen molar-refractivity contribution in [3.05, 3.63) is 72.7 Å². The minimum Gasteiger partial charge on any atom is -0.491 e. The first-order valence-electron chi connectivity index (χ1n) is 11.3. The van der Waals surface area contributed by atoms with E-state index in [4.69, 9.17) is 4.74 Å². The summed E-state index contributed by atoms with van der Waals surface area (Å²) in [5, 5.41) is 6.18. The van der Waals surface area contributed by atoms with Crippen molar-refractivity contribution in [2.45, 2.75) is 31.7 Å². The lowest BCUT2D eigenvalue weighted by atomic mass is 9.99. The summed E-state index contributed by atoms with van der Waals surface area (Å²) in [5.41, 5.74) is 4.45. The van der Waals surface area contributed by atoms with Gasteiger partial charge in [0.2, 0.25) is 0 Å². The number of hydrogen-bond donors (Lipinski definition) is 1. The van der Waals surface area contributed by atoms with Gasteiger partial charge in [-0.1, -0.05) is 19.1 Å². The largest absolute Gasteiger partial charge is 0.491 e. The minimum atomic E-state index is -3.31. The summed E-state index contributed by atoms with van der Waals surface area (Å²) in [6, 6.07) is 15.1. The first-order valence-corrected chi connectivity index (χ1v) is 13.0. The van der Waals surface area contributed by atoms with Gasteiger partial charge in [-0.2, -0.15) is 5.10 Å². The molecule has 5 aromatic rings. The molecule has 3 heterocycles. The molecule has 0 saturated heterocycles. The highest BCUT2D eigenvalue weighted by Crippen LogP contribution is 2.39. The number of aromatic amines is 1. The summed E-state index contributed by atoms with van der Waals surface area (Å²) in [5.74, 6) is 0.806. The second kappa shape index (κ2) is 8.95. The molecule has 1 N–H and O–H groups in total. The Kier molecular flexibility index (Phi) is 5.83. The average molecular weight is 475 g/mol. The first-order chi connectivity index (χ1) is 16.5. The van der Waals surface area contributed by atoms with Gasteiger partial charge in [0, 0.05) is 42.3 Å². The van der Waals surface area contributed by atoms with Gasteiger partial charge in [-0.3, -0.25) is 4.68 Å². The lowest BCUT2D eigenvalue weighted by Crippen LogP contribution is -2.05. The number of sulfone groups is 1. The zero-order chi connectivity index (χ0) is 23.7. The molecule has 5 rings (SSSR count). The fraction of sp³-hybridized carbons (Fsp3) is 0.231. The fourth-order valence-corrected chi connectivity index (χ4v) is 5.12. The van der Waals surface area contributed by atoms with E-state index in [-0.39, 0.29) is 5.75 Å². The highest BCUT2D eigenvalue weighted by molar-refractivity contribution is 7.91. The van der Waals surface area contributed by atoms with Crippen molar-refractivity contribution >= 4 is 31.8 Å². The maximum absolute atomic E-state index is 12.5. The van der Waals surface area contributed by atoms with Crippen molar-refractivity contribution in [1.82, 2.24) is 19.7 Å². The van der Waals surface area contributed by atoms with Crippen LogP contribution in [0.4, 0.5) is 0 Å². The van der Waals surface area contributed by atoms with Crippen molar-refractivity contribution in [2.75, 3.05) is 12.4 Å². The zero-order valence-corrected chi connectivity index (χ0v) is 20.0. The predicted molar refractivity (Wildman–Crippen MR) is 134 cm³/mol. The maximum Gasteiger partial charge on any atom is 0.178 e. The molecule has 7 nitrogen and oxygen atoms in total. The van der Waals surface area contributed by atoms with E-state index in [0.717, 1.165) is 57.3 Å².